The smallest absolute Gasteiger partial charge is 0.306 e. The average Bonchev–Trinajstić information content (AvgIpc) is 2.34. The van der Waals surface area contributed by atoms with Gasteiger partial charge in [0.25, 0.3) is 0 Å². The van der Waals surface area contributed by atoms with Crippen molar-refractivity contribution in [3.63, 3.8) is 0 Å². The topological polar surface area (TPSA) is 73.1 Å². The van der Waals surface area contributed by atoms with E-state index in [9.17, 15) is 4.79 Å². The maximum absolute atomic E-state index is 10.6. The molecule has 1 atom stereocenters. The van der Waals surface area contributed by atoms with Gasteiger partial charge in [0.1, 0.15) is 6.07 Å². The molecule has 2 N–H and O–H groups in total. The van der Waals surface area contributed by atoms with Gasteiger partial charge < -0.3 is 10.4 Å². The van der Waals surface area contributed by atoms with Crippen molar-refractivity contribution in [2.75, 3.05) is 11.9 Å². The highest BCUT2D eigenvalue weighted by atomic mass is 35.5. The van der Waals surface area contributed by atoms with E-state index >= 15 is 0 Å². The van der Waals surface area contributed by atoms with Crippen LogP contribution in [0.15, 0.2) is 18.2 Å². The van der Waals surface area contributed by atoms with Gasteiger partial charge in [-0.3, -0.25) is 4.79 Å². The Hall–Kier alpha value is -1.73. The molecule has 0 aromatic heterocycles. The lowest BCUT2D eigenvalue weighted by molar-refractivity contribution is -0.141. The van der Waals surface area contributed by atoms with Gasteiger partial charge in [0, 0.05) is 12.2 Å². The number of hydrogen-bond donors (Lipinski definition) is 2. The number of aliphatic carboxylic acids is 1. The Morgan fingerprint density at radius 1 is 1.61 bits per heavy atom. The maximum Gasteiger partial charge on any atom is 0.306 e. The standard InChI is InChI=1S/C13H15ClN2O2/c1-9(13(17)18)3-2-6-16-11-5-4-10(8-15)12(14)7-11/h4-5,7,9,16H,2-3,6H2,1H3,(H,17,18). The van der Waals surface area contributed by atoms with E-state index in [0.29, 0.717) is 23.6 Å². The van der Waals surface area contributed by atoms with Crippen LogP contribution in [0.5, 0.6) is 0 Å². The van der Waals surface area contributed by atoms with E-state index < -0.39 is 5.97 Å². The van der Waals surface area contributed by atoms with Crippen molar-refractivity contribution in [1.82, 2.24) is 0 Å². The van der Waals surface area contributed by atoms with Crippen LogP contribution in [0, 0.1) is 17.2 Å². The minimum atomic E-state index is -0.767. The van der Waals surface area contributed by atoms with Crippen molar-refractivity contribution in [3.8, 4) is 6.07 Å². The second kappa shape index (κ2) is 6.87. The quantitative estimate of drug-likeness (QED) is 0.776. The fraction of sp³-hybridized carbons (Fsp3) is 0.385. The number of carbonyl (C=O) groups is 1. The van der Waals surface area contributed by atoms with E-state index in [1.807, 2.05) is 6.07 Å². The van der Waals surface area contributed by atoms with Gasteiger partial charge in [0.2, 0.25) is 0 Å². The predicted octanol–water partition coefficient (Wildman–Crippen LogP) is 3.12. The summed E-state index contributed by atoms with van der Waals surface area (Å²) in [5.74, 6) is -1.09. The average molecular weight is 267 g/mol. The minimum Gasteiger partial charge on any atom is -0.481 e. The molecule has 0 spiro atoms. The van der Waals surface area contributed by atoms with Crippen LogP contribution in [0.25, 0.3) is 0 Å². The first-order valence-electron chi connectivity index (χ1n) is 5.71. The van der Waals surface area contributed by atoms with E-state index in [1.54, 1.807) is 25.1 Å². The fourth-order valence-electron chi connectivity index (χ4n) is 1.48. The number of carboxylic acid groups (broad SMARTS) is 1. The Morgan fingerprint density at radius 3 is 2.89 bits per heavy atom. The highest BCUT2D eigenvalue weighted by molar-refractivity contribution is 6.32. The Bertz CT molecular complexity index is 469. The second-order valence-corrected chi connectivity index (χ2v) is 4.52. The molecule has 0 saturated carbocycles. The molecule has 5 heteroatoms. The lowest BCUT2D eigenvalue weighted by Gasteiger charge is -2.09. The monoisotopic (exact) mass is 266 g/mol. The van der Waals surface area contributed by atoms with Crippen molar-refractivity contribution in [2.45, 2.75) is 19.8 Å². The van der Waals surface area contributed by atoms with Crippen LogP contribution >= 0.6 is 11.6 Å². The third-order valence-corrected chi connectivity index (χ3v) is 2.97. The van der Waals surface area contributed by atoms with Crippen LogP contribution in [0.2, 0.25) is 5.02 Å². The summed E-state index contributed by atoms with van der Waals surface area (Å²) in [5.41, 5.74) is 1.28. The first-order valence-corrected chi connectivity index (χ1v) is 6.08. The number of hydrogen-bond acceptors (Lipinski definition) is 3. The van der Waals surface area contributed by atoms with Gasteiger partial charge in [-0.05, 0) is 31.0 Å². The van der Waals surface area contributed by atoms with Gasteiger partial charge in [-0.2, -0.15) is 5.26 Å². The molecule has 0 aliphatic heterocycles. The van der Waals surface area contributed by atoms with Gasteiger partial charge in [-0.1, -0.05) is 18.5 Å². The van der Waals surface area contributed by atoms with Gasteiger partial charge in [-0.15, -0.1) is 0 Å². The van der Waals surface area contributed by atoms with Crippen molar-refractivity contribution in [3.05, 3.63) is 28.8 Å². The van der Waals surface area contributed by atoms with Crippen molar-refractivity contribution in [2.24, 2.45) is 5.92 Å². The summed E-state index contributed by atoms with van der Waals surface area (Å²) >= 11 is 5.89. The van der Waals surface area contributed by atoms with Crippen LogP contribution in [0.1, 0.15) is 25.3 Å². The van der Waals surface area contributed by atoms with E-state index in [0.717, 1.165) is 12.1 Å². The second-order valence-electron chi connectivity index (χ2n) is 4.11. The lowest BCUT2D eigenvalue weighted by atomic mass is 10.1. The molecule has 1 aromatic carbocycles. The molecule has 1 aromatic rings. The zero-order chi connectivity index (χ0) is 13.5. The molecule has 0 aliphatic rings. The molecule has 0 saturated heterocycles. The molecule has 0 heterocycles. The Balaban J connectivity index is 2.39. The number of rotatable bonds is 6. The summed E-state index contributed by atoms with van der Waals surface area (Å²) in [7, 11) is 0. The molecule has 0 aliphatic carbocycles. The first-order chi connectivity index (χ1) is 8.54. The van der Waals surface area contributed by atoms with Gasteiger partial charge >= 0.3 is 5.97 Å². The third kappa shape index (κ3) is 4.27. The van der Waals surface area contributed by atoms with Crippen molar-refractivity contribution >= 4 is 23.3 Å². The van der Waals surface area contributed by atoms with E-state index in [4.69, 9.17) is 22.0 Å². The number of nitrogens with one attached hydrogen (secondary N) is 1. The molecule has 1 unspecified atom stereocenters. The highest BCUT2D eigenvalue weighted by Gasteiger charge is 2.09. The Labute approximate surface area is 111 Å². The molecule has 0 bridgehead atoms. The first kappa shape index (κ1) is 14.3. The molecule has 0 radical (unpaired) electrons. The summed E-state index contributed by atoms with van der Waals surface area (Å²) in [6.45, 7) is 2.38. The normalized spacial score (nSPS) is 11.6. The van der Waals surface area contributed by atoms with Crippen molar-refractivity contribution < 1.29 is 9.90 Å². The summed E-state index contributed by atoms with van der Waals surface area (Å²) in [5, 5.41) is 21.0. The Kier molecular flexibility index (Phi) is 5.47. The molecular weight excluding hydrogens is 252 g/mol. The van der Waals surface area contributed by atoms with Crippen LogP contribution in [0.4, 0.5) is 5.69 Å². The Morgan fingerprint density at radius 2 is 2.33 bits per heavy atom. The third-order valence-electron chi connectivity index (χ3n) is 2.65. The molecule has 0 amide bonds. The number of carboxylic acids is 1. The van der Waals surface area contributed by atoms with Crippen molar-refractivity contribution in [1.29, 1.82) is 5.26 Å². The highest BCUT2D eigenvalue weighted by Crippen LogP contribution is 2.20. The number of nitriles is 1. The minimum absolute atomic E-state index is 0.323. The molecule has 0 fully saturated rings. The number of halogens is 1. The van der Waals surface area contributed by atoms with Crippen LogP contribution in [-0.4, -0.2) is 17.6 Å². The van der Waals surface area contributed by atoms with E-state index in [-0.39, 0.29) is 5.92 Å². The molecule has 1 rings (SSSR count). The van der Waals surface area contributed by atoms with Gasteiger partial charge in [0.05, 0.1) is 16.5 Å². The summed E-state index contributed by atoms with van der Waals surface area (Å²) in [4.78, 5) is 10.6. The van der Waals surface area contributed by atoms with E-state index in [1.165, 1.54) is 0 Å². The van der Waals surface area contributed by atoms with Crippen LogP contribution in [0.3, 0.4) is 0 Å². The summed E-state index contributed by atoms with van der Waals surface area (Å²) in [6.07, 6.45) is 1.40. The molecule has 18 heavy (non-hydrogen) atoms. The maximum atomic E-state index is 10.6. The van der Waals surface area contributed by atoms with Gasteiger partial charge in [0.15, 0.2) is 0 Å². The summed E-state index contributed by atoms with van der Waals surface area (Å²) < 4.78 is 0. The predicted molar refractivity (Wildman–Crippen MR) is 70.7 cm³/mol. The zero-order valence-electron chi connectivity index (χ0n) is 10.1. The number of benzene rings is 1. The number of anilines is 1. The SMILES string of the molecule is CC(CCCNc1ccc(C#N)c(Cl)c1)C(=O)O. The van der Waals surface area contributed by atoms with E-state index in [2.05, 4.69) is 5.32 Å². The number of nitrogens with zero attached hydrogens (tertiary/aromatic N) is 1. The zero-order valence-corrected chi connectivity index (χ0v) is 10.9. The molecule has 96 valence electrons. The lowest BCUT2D eigenvalue weighted by Crippen LogP contribution is -2.11. The fourth-order valence-corrected chi connectivity index (χ4v) is 1.70. The molecular formula is C13H15ClN2O2. The molecule has 4 nitrogen and oxygen atoms in total. The van der Waals surface area contributed by atoms with Crippen LogP contribution in [-0.2, 0) is 4.79 Å². The largest absolute Gasteiger partial charge is 0.481 e. The summed E-state index contributed by atoms with van der Waals surface area (Å²) in [6, 6.07) is 7.13. The van der Waals surface area contributed by atoms with Crippen LogP contribution < -0.4 is 5.32 Å². The van der Waals surface area contributed by atoms with Gasteiger partial charge in [-0.25, -0.2) is 0 Å².